The Labute approximate surface area is 110 Å². The Morgan fingerprint density at radius 2 is 1.65 bits per heavy atom. The molecule has 0 amide bonds. The monoisotopic (exact) mass is 251 g/mol. The van der Waals surface area contributed by atoms with E-state index in [0.717, 1.165) is 10.9 Å². The van der Waals surface area contributed by atoms with Crippen LogP contribution in [-0.2, 0) is 0 Å². The van der Waals surface area contributed by atoms with Gasteiger partial charge in [-0.3, -0.25) is 0 Å². The fourth-order valence-corrected chi connectivity index (χ4v) is 3.23. The zero-order chi connectivity index (χ0) is 12.3. The molecule has 1 aliphatic carbocycles. The van der Waals surface area contributed by atoms with Crippen molar-refractivity contribution in [1.29, 1.82) is 0 Å². The molecule has 0 radical (unpaired) electrons. The second kappa shape index (κ2) is 5.88. The maximum absolute atomic E-state index is 5.97. The lowest BCUT2D eigenvalue weighted by Gasteiger charge is -2.35. The Morgan fingerprint density at radius 1 is 1.06 bits per heavy atom. The van der Waals surface area contributed by atoms with Crippen molar-refractivity contribution < 1.29 is 0 Å². The highest BCUT2D eigenvalue weighted by molar-refractivity contribution is 6.30. The van der Waals surface area contributed by atoms with Gasteiger partial charge in [0.2, 0.25) is 0 Å². The maximum atomic E-state index is 5.97. The van der Waals surface area contributed by atoms with Gasteiger partial charge in [-0.2, -0.15) is 0 Å². The third kappa shape index (κ3) is 3.23. The van der Waals surface area contributed by atoms with E-state index in [2.05, 4.69) is 31.1 Å². The summed E-state index contributed by atoms with van der Waals surface area (Å²) >= 11 is 5.97. The molecule has 0 aliphatic heterocycles. The van der Waals surface area contributed by atoms with Crippen molar-refractivity contribution in [2.45, 2.75) is 38.1 Å². The molecule has 1 aromatic rings. The van der Waals surface area contributed by atoms with E-state index in [1.54, 1.807) is 0 Å². The minimum Gasteiger partial charge on any atom is -0.302 e. The molecular weight excluding hydrogens is 230 g/mol. The number of halogens is 1. The lowest BCUT2D eigenvalue weighted by molar-refractivity contribution is 0.171. The smallest absolute Gasteiger partial charge is 0.0406 e. The number of hydrogen-bond donors (Lipinski definition) is 0. The topological polar surface area (TPSA) is 3.24 Å². The summed E-state index contributed by atoms with van der Waals surface area (Å²) in [6, 6.07) is 8.93. The quantitative estimate of drug-likeness (QED) is 0.763. The van der Waals surface area contributed by atoms with E-state index >= 15 is 0 Å². The Hall–Kier alpha value is -0.530. The standard InChI is InChI=1S/C15H22ClN/c1-17(2)15(12-6-4-3-5-7-12)13-8-10-14(16)11-9-13/h8-12,15H,3-7H2,1-2H3. The molecule has 2 rings (SSSR count). The highest BCUT2D eigenvalue weighted by atomic mass is 35.5. The minimum atomic E-state index is 0.549. The third-order valence-corrected chi connectivity index (χ3v) is 4.12. The summed E-state index contributed by atoms with van der Waals surface area (Å²) in [4.78, 5) is 2.36. The highest BCUT2D eigenvalue weighted by Gasteiger charge is 2.26. The number of benzene rings is 1. The van der Waals surface area contributed by atoms with Gasteiger partial charge >= 0.3 is 0 Å². The van der Waals surface area contributed by atoms with Gasteiger partial charge in [0.05, 0.1) is 0 Å². The molecule has 1 unspecified atom stereocenters. The normalized spacial score (nSPS) is 19.5. The number of hydrogen-bond acceptors (Lipinski definition) is 1. The molecule has 2 heteroatoms. The van der Waals surface area contributed by atoms with Gasteiger partial charge in [-0.15, -0.1) is 0 Å². The van der Waals surface area contributed by atoms with E-state index in [9.17, 15) is 0 Å². The molecule has 0 aromatic heterocycles. The molecule has 0 spiro atoms. The van der Waals surface area contributed by atoms with Gasteiger partial charge < -0.3 is 4.90 Å². The van der Waals surface area contributed by atoms with Crippen LogP contribution in [0.15, 0.2) is 24.3 Å². The van der Waals surface area contributed by atoms with Gasteiger partial charge in [0, 0.05) is 11.1 Å². The van der Waals surface area contributed by atoms with E-state index in [1.807, 2.05) is 12.1 Å². The molecule has 1 atom stereocenters. The van der Waals surface area contributed by atoms with Crippen LogP contribution in [0, 0.1) is 5.92 Å². The lowest BCUT2D eigenvalue weighted by Crippen LogP contribution is -2.28. The van der Waals surface area contributed by atoms with Crippen molar-refractivity contribution in [1.82, 2.24) is 4.90 Å². The summed E-state index contributed by atoms with van der Waals surface area (Å²) in [7, 11) is 4.38. The van der Waals surface area contributed by atoms with Crippen LogP contribution in [-0.4, -0.2) is 19.0 Å². The molecule has 1 nitrogen and oxygen atoms in total. The van der Waals surface area contributed by atoms with Crippen molar-refractivity contribution >= 4 is 11.6 Å². The second-order valence-corrected chi connectivity index (χ2v) is 5.79. The van der Waals surface area contributed by atoms with Crippen molar-refractivity contribution in [2.75, 3.05) is 14.1 Å². The van der Waals surface area contributed by atoms with Gasteiger partial charge in [0.15, 0.2) is 0 Å². The molecule has 0 N–H and O–H groups in total. The first kappa shape index (κ1) is 12.9. The molecule has 1 aliphatic rings. The fourth-order valence-electron chi connectivity index (χ4n) is 3.10. The summed E-state index contributed by atoms with van der Waals surface area (Å²) in [5.41, 5.74) is 1.41. The number of nitrogens with zero attached hydrogens (tertiary/aromatic N) is 1. The summed E-state index contributed by atoms with van der Waals surface area (Å²) < 4.78 is 0. The van der Waals surface area contributed by atoms with Crippen LogP contribution >= 0.6 is 11.6 Å². The molecule has 1 aromatic carbocycles. The van der Waals surface area contributed by atoms with E-state index in [1.165, 1.54) is 37.7 Å². The van der Waals surface area contributed by atoms with Crippen LogP contribution in [0.2, 0.25) is 5.02 Å². The van der Waals surface area contributed by atoms with Gasteiger partial charge in [-0.25, -0.2) is 0 Å². The van der Waals surface area contributed by atoms with Crippen LogP contribution in [0.1, 0.15) is 43.7 Å². The Morgan fingerprint density at radius 3 is 2.18 bits per heavy atom. The molecule has 94 valence electrons. The third-order valence-electron chi connectivity index (χ3n) is 3.86. The van der Waals surface area contributed by atoms with E-state index < -0.39 is 0 Å². The molecule has 1 saturated carbocycles. The zero-order valence-electron chi connectivity index (χ0n) is 10.8. The SMILES string of the molecule is CN(C)C(c1ccc(Cl)cc1)C1CCCCC1. The minimum absolute atomic E-state index is 0.549. The average Bonchev–Trinajstić information content (AvgIpc) is 2.33. The van der Waals surface area contributed by atoms with Crippen molar-refractivity contribution in [3.05, 3.63) is 34.9 Å². The lowest BCUT2D eigenvalue weighted by atomic mass is 9.80. The first-order valence-electron chi connectivity index (χ1n) is 6.60. The van der Waals surface area contributed by atoms with E-state index in [4.69, 9.17) is 11.6 Å². The van der Waals surface area contributed by atoms with Crippen LogP contribution in [0.4, 0.5) is 0 Å². The Balaban J connectivity index is 2.18. The molecule has 0 saturated heterocycles. The molecule has 0 bridgehead atoms. The largest absolute Gasteiger partial charge is 0.302 e. The van der Waals surface area contributed by atoms with Gasteiger partial charge in [-0.1, -0.05) is 43.0 Å². The predicted octanol–water partition coefficient (Wildman–Crippen LogP) is 4.52. The Kier molecular flexibility index (Phi) is 4.47. The van der Waals surface area contributed by atoms with Gasteiger partial charge in [0.25, 0.3) is 0 Å². The molecule has 17 heavy (non-hydrogen) atoms. The highest BCUT2D eigenvalue weighted by Crippen LogP contribution is 2.37. The van der Waals surface area contributed by atoms with Crippen molar-refractivity contribution in [2.24, 2.45) is 5.92 Å². The summed E-state index contributed by atoms with van der Waals surface area (Å²) in [5, 5.41) is 0.829. The maximum Gasteiger partial charge on any atom is 0.0406 e. The van der Waals surface area contributed by atoms with Crippen LogP contribution < -0.4 is 0 Å². The molecule has 1 fully saturated rings. The van der Waals surface area contributed by atoms with Crippen LogP contribution in [0.3, 0.4) is 0 Å². The van der Waals surface area contributed by atoms with Gasteiger partial charge in [0.1, 0.15) is 0 Å². The predicted molar refractivity (Wildman–Crippen MR) is 74.5 cm³/mol. The average molecular weight is 252 g/mol. The van der Waals surface area contributed by atoms with E-state index in [0.29, 0.717) is 6.04 Å². The molecular formula is C15H22ClN. The summed E-state index contributed by atoms with van der Waals surface area (Å²) in [6.07, 6.45) is 6.93. The second-order valence-electron chi connectivity index (χ2n) is 5.36. The first-order chi connectivity index (χ1) is 8.18. The number of rotatable bonds is 3. The fraction of sp³-hybridized carbons (Fsp3) is 0.600. The first-order valence-corrected chi connectivity index (χ1v) is 6.98. The van der Waals surface area contributed by atoms with Crippen molar-refractivity contribution in [3.63, 3.8) is 0 Å². The van der Waals surface area contributed by atoms with E-state index in [-0.39, 0.29) is 0 Å². The zero-order valence-corrected chi connectivity index (χ0v) is 11.6. The summed E-state index contributed by atoms with van der Waals surface area (Å²) in [6.45, 7) is 0. The van der Waals surface area contributed by atoms with Crippen LogP contribution in [0.25, 0.3) is 0 Å². The van der Waals surface area contributed by atoms with Crippen molar-refractivity contribution in [3.8, 4) is 0 Å². The summed E-state index contributed by atoms with van der Waals surface area (Å²) in [5.74, 6) is 0.805. The van der Waals surface area contributed by atoms with Gasteiger partial charge in [-0.05, 0) is 50.6 Å². The molecule has 0 heterocycles. The Bertz CT molecular complexity index is 338. The van der Waals surface area contributed by atoms with Crippen LogP contribution in [0.5, 0.6) is 0 Å².